The molecular formula is C17H16FNO4S. The Hall–Kier alpha value is -2.41. The van der Waals surface area contributed by atoms with E-state index in [1.165, 1.54) is 6.07 Å². The van der Waals surface area contributed by atoms with Gasteiger partial charge in [-0.2, -0.15) is 0 Å². The molecule has 0 saturated carbocycles. The van der Waals surface area contributed by atoms with Crippen molar-refractivity contribution in [3.63, 3.8) is 0 Å². The first kappa shape index (κ1) is 16.4. The number of carbonyl (C=O) groups excluding carboxylic acids is 1. The summed E-state index contributed by atoms with van der Waals surface area (Å²) < 4.78 is 42.3. The van der Waals surface area contributed by atoms with E-state index in [0.717, 1.165) is 29.7 Å². The summed E-state index contributed by atoms with van der Waals surface area (Å²) in [5.74, 6) is -0.806. The van der Waals surface area contributed by atoms with Crippen molar-refractivity contribution in [1.29, 1.82) is 0 Å². The van der Waals surface area contributed by atoms with Crippen LogP contribution in [-0.2, 0) is 21.1 Å². The van der Waals surface area contributed by atoms with Crippen molar-refractivity contribution in [2.75, 3.05) is 18.2 Å². The molecule has 1 aliphatic rings. The van der Waals surface area contributed by atoms with Gasteiger partial charge in [0, 0.05) is 11.9 Å². The van der Waals surface area contributed by atoms with Crippen LogP contribution < -0.4 is 10.1 Å². The number of benzene rings is 2. The Morgan fingerprint density at radius 1 is 1.25 bits per heavy atom. The number of amides is 1. The van der Waals surface area contributed by atoms with E-state index in [2.05, 4.69) is 5.32 Å². The van der Waals surface area contributed by atoms with E-state index in [0.29, 0.717) is 6.42 Å². The molecule has 24 heavy (non-hydrogen) atoms. The molecular weight excluding hydrogens is 333 g/mol. The Morgan fingerprint density at radius 3 is 2.71 bits per heavy atom. The fraction of sp³-hybridized carbons (Fsp3) is 0.235. The van der Waals surface area contributed by atoms with E-state index in [4.69, 9.17) is 4.74 Å². The van der Waals surface area contributed by atoms with Crippen molar-refractivity contribution in [2.24, 2.45) is 5.92 Å². The number of halogens is 1. The summed E-state index contributed by atoms with van der Waals surface area (Å²) in [7, 11) is -3.64. The molecule has 1 N–H and O–H groups in total. The molecule has 2 aromatic carbocycles. The number of sulfone groups is 1. The molecule has 0 saturated heterocycles. The minimum absolute atomic E-state index is 0.212. The fourth-order valence-corrected chi connectivity index (χ4v) is 3.35. The number of nitrogens with one attached hydrogen (secondary N) is 1. The SMILES string of the molecule is CS(=O)(=O)c1ccc(NC(=O)C2COc3ccccc3C2)cc1F. The van der Waals surface area contributed by atoms with Gasteiger partial charge in [-0.1, -0.05) is 18.2 Å². The normalized spacial score (nSPS) is 16.8. The number of para-hydroxylation sites is 1. The molecule has 0 aliphatic carbocycles. The summed E-state index contributed by atoms with van der Waals surface area (Å²) in [5.41, 5.74) is 1.16. The van der Waals surface area contributed by atoms with E-state index in [-0.39, 0.29) is 18.2 Å². The molecule has 126 valence electrons. The van der Waals surface area contributed by atoms with Crippen LogP contribution in [0.2, 0.25) is 0 Å². The molecule has 0 bridgehead atoms. The van der Waals surface area contributed by atoms with Crippen molar-refractivity contribution in [1.82, 2.24) is 0 Å². The zero-order chi connectivity index (χ0) is 17.3. The Bertz CT molecular complexity index is 895. The van der Waals surface area contributed by atoms with Crippen molar-refractivity contribution in [2.45, 2.75) is 11.3 Å². The molecule has 5 nitrogen and oxygen atoms in total. The van der Waals surface area contributed by atoms with Crippen LogP contribution in [0.25, 0.3) is 0 Å². The highest BCUT2D eigenvalue weighted by molar-refractivity contribution is 7.90. The average molecular weight is 349 g/mol. The van der Waals surface area contributed by atoms with E-state index >= 15 is 0 Å². The van der Waals surface area contributed by atoms with E-state index < -0.39 is 26.5 Å². The van der Waals surface area contributed by atoms with Gasteiger partial charge in [-0.3, -0.25) is 4.79 Å². The molecule has 3 rings (SSSR count). The summed E-state index contributed by atoms with van der Waals surface area (Å²) in [6, 6.07) is 11.0. The number of hydrogen-bond donors (Lipinski definition) is 1. The van der Waals surface area contributed by atoms with Crippen LogP contribution >= 0.6 is 0 Å². The Balaban J connectivity index is 1.73. The van der Waals surface area contributed by atoms with Gasteiger partial charge in [-0.15, -0.1) is 0 Å². The summed E-state index contributed by atoms with van der Waals surface area (Å²) in [4.78, 5) is 11.9. The third-order valence-corrected chi connectivity index (χ3v) is 4.98. The average Bonchev–Trinajstić information content (AvgIpc) is 2.53. The summed E-state index contributed by atoms with van der Waals surface area (Å²) >= 11 is 0. The predicted octanol–water partition coefficient (Wildman–Crippen LogP) is 2.42. The zero-order valence-corrected chi connectivity index (χ0v) is 13.8. The number of fused-ring (bicyclic) bond motifs is 1. The van der Waals surface area contributed by atoms with Gasteiger partial charge in [0.25, 0.3) is 0 Å². The number of hydrogen-bond acceptors (Lipinski definition) is 4. The van der Waals surface area contributed by atoms with Gasteiger partial charge < -0.3 is 10.1 Å². The van der Waals surface area contributed by atoms with Gasteiger partial charge in [0.15, 0.2) is 9.84 Å². The van der Waals surface area contributed by atoms with Gasteiger partial charge >= 0.3 is 0 Å². The first-order valence-electron chi connectivity index (χ1n) is 7.36. The molecule has 0 spiro atoms. The van der Waals surface area contributed by atoms with Crippen molar-refractivity contribution in [3.8, 4) is 5.75 Å². The first-order chi connectivity index (χ1) is 11.3. The molecule has 1 heterocycles. The van der Waals surface area contributed by atoms with Gasteiger partial charge in [-0.25, -0.2) is 12.8 Å². The van der Waals surface area contributed by atoms with Crippen molar-refractivity contribution in [3.05, 3.63) is 53.8 Å². The number of carbonyl (C=O) groups is 1. The minimum atomic E-state index is -3.64. The molecule has 0 fully saturated rings. The zero-order valence-electron chi connectivity index (χ0n) is 13.0. The summed E-state index contributed by atoms with van der Waals surface area (Å²) in [5, 5.41) is 2.61. The molecule has 2 aromatic rings. The topological polar surface area (TPSA) is 72.5 Å². The van der Waals surface area contributed by atoms with Crippen molar-refractivity contribution >= 4 is 21.4 Å². The second-order valence-corrected chi connectivity index (χ2v) is 7.71. The molecule has 1 atom stereocenters. The molecule has 1 unspecified atom stereocenters. The lowest BCUT2D eigenvalue weighted by Gasteiger charge is -2.24. The van der Waals surface area contributed by atoms with Gasteiger partial charge in [-0.05, 0) is 36.2 Å². The summed E-state index contributed by atoms with van der Waals surface area (Å²) in [6.07, 6.45) is 1.46. The molecule has 1 aliphatic heterocycles. The minimum Gasteiger partial charge on any atom is -0.492 e. The molecule has 1 amide bonds. The number of anilines is 1. The van der Waals surface area contributed by atoms with Gasteiger partial charge in [0.1, 0.15) is 23.1 Å². The van der Waals surface area contributed by atoms with Crippen LogP contribution in [0, 0.1) is 11.7 Å². The maximum atomic E-state index is 13.9. The van der Waals surface area contributed by atoms with Crippen LogP contribution in [0.4, 0.5) is 10.1 Å². The Kier molecular flexibility index (Phi) is 4.28. The number of rotatable bonds is 3. The van der Waals surface area contributed by atoms with E-state index in [1.54, 1.807) is 0 Å². The standard InChI is InChI=1S/C17H16FNO4S/c1-24(21,22)16-7-6-13(9-14(16)18)19-17(20)12-8-11-4-2-3-5-15(11)23-10-12/h2-7,9,12H,8,10H2,1H3,(H,19,20). The smallest absolute Gasteiger partial charge is 0.231 e. The Morgan fingerprint density at radius 2 is 2.00 bits per heavy atom. The lowest BCUT2D eigenvalue weighted by Crippen LogP contribution is -2.32. The largest absolute Gasteiger partial charge is 0.492 e. The lowest BCUT2D eigenvalue weighted by molar-refractivity contribution is -0.121. The summed E-state index contributed by atoms with van der Waals surface area (Å²) in [6.45, 7) is 0.243. The third kappa shape index (κ3) is 3.41. The highest BCUT2D eigenvalue weighted by atomic mass is 32.2. The fourth-order valence-electron chi connectivity index (χ4n) is 2.62. The van der Waals surface area contributed by atoms with Crippen LogP contribution in [-0.4, -0.2) is 27.2 Å². The highest BCUT2D eigenvalue weighted by Crippen LogP contribution is 2.27. The van der Waals surface area contributed by atoms with E-state index in [1.807, 2.05) is 24.3 Å². The van der Waals surface area contributed by atoms with Crippen molar-refractivity contribution < 1.29 is 22.3 Å². The van der Waals surface area contributed by atoms with Gasteiger partial charge in [0.05, 0.1) is 5.92 Å². The highest BCUT2D eigenvalue weighted by Gasteiger charge is 2.26. The maximum absolute atomic E-state index is 13.9. The molecule has 7 heteroatoms. The quantitative estimate of drug-likeness (QED) is 0.924. The van der Waals surface area contributed by atoms with Crippen LogP contribution in [0.5, 0.6) is 5.75 Å². The molecule has 0 aromatic heterocycles. The van der Waals surface area contributed by atoms with Crippen LogP contribution in [0.15, 0.2) is 47.4 Å². The number of ether oxygens (including phenoxy) is 1. The Labute approximate surface area is 139 Å². The second kappa shape index (κ2) is 6.24. The molecule has 0 radical (unpaired) electrons. The second-order valence-electron chi connectivity index (χ2n) is 5.73. The first-order valence-corrected chi connectivity index (χ1v) is 9.25. The third-order valence-electron chi connectivity index (χ3n) is 3.85. The monoisotopic (exact) mass is 349 g/mol. The van der Waals surface area contributed by atoms with Crippen LogP contribution in [0.1, 0.15) is 5.56 Å². The maximum Gasteiger partial charge on any atom is 0.231 e. The van der Waals surface area contributed by atoms with Gasteiger partial charge in [0.2, 0.25) is 5.91 Å². The predicted molar refractivity (Wildman–Crippen MR) is 87.3 cm³/mol. The van der Waals surface area contributed by atoms with Crippen LogP contribution in [0.3, 0.4) is 0 Å². The van der Waals surface area contributed by atoms with E-state index in [9.17, 15) is 17.6 Å². The lowest BCUT2D eigenvalue weighted by atomic mass is 9.96.